The summed E-state index contributed by atoms with van der Waals surface area (Å²) in [4.78, 5) is 12.0. The van der Waals surface area contributed by atoms with E-state index in [2.05, 4.69) is 15.4 Å². The molecule has 0 heterocycles. The van der Waals surface area contributed by atoms with Gasteiger partial charge in [0.2, 0.25) is 15.9 Å². The summed E-state index contributed by atoms with van der Waals surface area (Å²) in [6.07, 6.45) is 2.46. The lowest BCUT2D eigenvalue weighted by atomic mass is 10.1. The van der Waals surface area contributed by atoms with Crippen molar-refractivity contribution in [2.75, 3.05) is 18.4 Å². The highest BCUT2D eigenvalue weighted by Crippen LogP contribution is 2.27. The Hall–Kier alpha value is -1.15. The summed E-state index contributed by atoms with van der Waals surface area (Å²) in [6, 6.07) is 6.27. The lowest BCUT2D eigenvalue weighted by Crippen LogP contribution is -2.40. The van der Waals surface area contributed by atoms with E-state index in [1.54, 1.807) is 32.9 Å². The van der Waals surface area contributed by atoms with Crippen molar-refractivity contribution in [1.82, 2.24) is 10.0 Å². The minimum absolute atomic E-state index is 0. The second kappa shape index (κ2) is 8.29. The number of benzene rings is 1. The highest BCUT2D eigenvalue weighted by atomic mass is 35.5. The number of hydrogen-bond acceptors (Lipinski definition) is 4. The Kier molecular flexibility index (Phi) is 7.22. The Balaban J connectivity index is 0.00000288. The molecule has 1 aliphatic rings. The van der Waals surface area contributed by atoms with Gasteiger partial charge in [0.15, 0.2) is 0 Å². The second-order valence-corrected chi connectivity index (χ2v) is 8.69. The average molecular weight is 376 g/mol. The molecular formula is C16H26ClN3O3S. The molecule has 0 bridgehead atoms. The molecule has 1 aromatic rings. The fourth-order valence-corrected chi connectivity index (χ4v) is 3.58. The maximum atomic E-state index is 12.3. The van der Waals surface area contributed by atoms with Gasteiger partial charge in [0, 0.05) is 11.2 Å². The smallest absolute Gasteiger partial charge is 0.241 e. The van der Waals surface area contributed by atoms with Crippen LogP contribution in [-0.4, -0.2) is 33.0 Å². The number of sulfonamides is 1. The molecule has 0 unspecified atom stereocenters. The van der Waals surface area contributed by atoms with E-state index in [-0.39, 0.29) is 29.8 Å². The van der Waals surface area contributed by atoms with Crippen molar-refractivity contribution in [2.24, 2.45) is 5.92 Å². The molecule has 3 N–H and O–H groups in total. The molecule has 24 heavy (non-hydrogen) atoms. The van der Waals surface area contributed by atoms with E-state index in [9.17, 15) is 13.2 Å². The number of hydrogen-bond donors (Lipinski definition) is 3. The van der Waals surface area contributed by atoms with Crippen molar-refractivity contribution in [2.45, 2.75) is 44.0 Å². The second-order valence-electron chi connectivity index (χ2n) is 7.01. The summed E-state index contributed by atoms with van der Waals surface area (Å²) in [5.74, 6) is 0.531. The van der Waals surface area contributed by atoms with Gasteiger partial charge in [-0.1, -0.05) is 6.07 Å². The quantitative estimate of drug-likeness (QED) is 0.681. The standard InChI is InChI=1S/C16H25N3O3S.ClH/c1-16(2,3)19-23(21,22)14-6-4-5-13(9-14)18-15(20)11-17-10-12-7-8-12;/h4-6,9,12,17,19H,7-8,10-11H2,1-3H3,(H,18,20);1H. The molecule has 0 saturated heterocycles. The van der Waals surface area contributed by atoms with Crippen molar-refractivity contribution in [3.05, 3.63) is 24.3 Å². The summed E-state index contributed by atoms with van der Waals surface area (Å²) in [5, 5.41) is 5.82. The first-order valence-corrected chi connectivity index (χ1v) is 9.29. The van der Waals surface area contributed by atoms with Gasteiger partial charge in [-0.25, -0.2) is 13.1 Å². The molecule has 1 aliphatic carbocycles. The maximum absolute atomic E-state index is 12.3. The third kappa shape index (κ3) is 7.17. The lowest BCUT2D eigenvalue weighted by molar-refractivity contribution is -0.115. The van der Waals surface area contributed by atoms with Crippen LogP contribution in [-0.2, 0) is 14.8 Å². The molecule has 6 nitrogen and oxygen atoms in total. The van der Waals surface area contributed by atoms with Crippen LogP contribution in [0.15, 0.2) is 29.2 Å². The highest BCUT2D eigenvalue weighted by molar-refractivity contribution is 7.89. The van der Waals surface area contributed by atoms with E-state index in [4.69, 9.17) is 0 Å². The molecule has 0 aromatic heterocycles. The van der Waals surface area contributed by atoms with Crippen LogP contribution in [0.25, 0.3) is 0 Å². The number of rotatable bonds is 7. The van der Waals surface area contributed by atoms with Gasteiger partial charge in [-0.15, -0.1) is 12.4 Å². The van der Waals surface area contributed by atoms with Crippen molar-refractivity contribution >= 4 is 34.0 Å². The van der Waals surface area contributed by atoms with Gasteiger partial charge in [0.25, 0.3) is 0 Å². The Labute approximate surface area is 150 Å². The fourth-order valence-electron chi connectivity index (χ4n) is 2.12. The summed E-state index contributed by atoms with van der Waals surface area (Å²) in [6.45, 7) is 6.43. The van der Waals surface area contributed by atoms with Crippen molar-refractivity contribution in [3.8, 4) is 0 Å². The minimum atomic E-state index is -3.61. The van der Waals surface area contributed by atoms with Crippen molar-refractivity contribution in [1.29, 1.82) is 0 Å². The van der Waals surface area contributed by atoms with Crippen LogP contribution in [0, 0.1) is 5.92 Å². The lowest BCUT2D eigenvalue weighted by Gasteiger charge is -2.20. The molecule has 1 fully saturated rings. The van der Waals surface area contributed by atoms with E-state index in [0.29, 0.717) is 11.6 Å². The largest absolute Gasteiger partial charge is 0.325 e. The first-order valence-electron chi connectivity index (χ1n) is 7.80. The molecule has 0 aliphatic heterocycles. The minimum Gasteiger partial charge on any atom is -0.325 e. The molecule has 136 valence electrons. The summed E-state index contributed by atoms with van der Waals surface area (Å²) < 4.78 is 27.2. The molecule has 1 amide bonds. The van der Waals surface area contributed by atoms with Gasteiger partial charge >= 0.3 is 0 Å². The molecule has 0 atom stereocenters. The SMILES string of the molecule is CC(C)(C)NS(=O)(=O)c1cccc(NC(=O)CNCC2CC2)c1.Cl. The third-order valence-corrected chi connectivity index (χ3v) is 5.04. The number of anilines is 1. The highest BCUT2D eigenvalue weighted by Gasteiger charge is 2.22. The van der Waals surface area contributed by atoms with Crippen LogP contribution in [0.1, 0.15) is 33.6 Å². The van der Waals surface area contributed by atoms with Gasteiger partial charge in [-0.2, -0.15) is 0 Å². The van der Waals surface area contributed by atoms with Crippen LogP contribution >= 0.6 is 12.4 Å². The van der Waals surface area contributed by atoms with Crippen LogP contribution < -0.4 is 15.4 Å². The molecule has 1 aromatic carbocycles. The van der Waals surface area contributed by atoms with E-state index in [0.717, 1.165) is 6.54 Å². The molecule has 8 heteroatoms. The van der Waals surface area contributed by atoms with E-state index < -0.39 is 15.6 Å². The van der Waals surface area contributed by atoms with Gasteiger partial charge in [0.05, 0.1) is 11.4 Å². The van der Waals surface area contributed by atoms with Crippen LogP contribution in [0.4, 0.5) is 5.69 Å². The zero-order valence-corrected chi connectivity index (χ0v) is 15.9. The van der Waals surface area contributed by atoms with Gasteiger partial charge < -0.3 is 10.6 Å². The number of amides is 1. The van der Waals surface area contributed by atoms with Gasteiger partial charge in [0.1, 0.15) is 0 Å². The molecule has 1 saturated carbocycles. The maximum Gasteiger partial charge on any atom is 0.241 e. The van der Waals surface area contributed by atoms with Crippen molar-refractivity contribution < 1.29 is 13.2 Å². The normalized spacial score (nSPS) is 14.8. The van der Waals surface area contributed by atoms with Crippen LogP contribution in [0.5, 0.6) is 0 Å². The van der Waals surface area contributed by atoms with E-state index >= 15 is 0 Å². The molecule has 2 rings (SSSR count). The zero-order chi connectivity index (χ0) is 17.1. The monoisotopic (exact) mass is 375 g/mol. The fraction of sp³-hybridized carbons (Fsp3) is 0.562. The summed E-state index contributed by atoms with van der Waals surface area (Å²) >= 11 is 0. The van der Waals surface area contributed by atoms with E-state index in [1.807, 2.05) is 0 Å². The first kappa shape index (κ1) is 20.9. The number of halogens is 1. The number of carbonyl (C=O) groups is 1. The predicted octanol–water partition coefficient (Wildman–Crippen LogP) is 2.12. The number of carbonyl (C=O) groups excluding carboxylic acids is 1. The molecule has 0 radical (unpaired) electrons. The number of nitrogens with one attached hydrogen (secondary N) is 3. The first-order chi connectivity index (χ1) is 10.7. The Morgan fingerprint density at radius 3 is 2.50 bits per heavy atom. The summed E-state index contributed by atoms with van der Waals surface area (Å²) in [7, 11) is -3.61. The molecular weight excluding hydrogens is 350 g/mol. The Morgan fingerprint density at radius 2 is 1.92 bits per heavy atom. The Morgan fingerprint density at radius 1 is 1.25 bits per heavy atom. The zero-order valence-electron chi connectivity index (χ0n) is 14.3. The van der Waals surface area contributed by atoms with Crippen LogP contribution in [0.3, 0.4) is 0 Å². The molecule has 0 spiro atoms. The average Bonchev–Trinajstić information content (AvgIpc) is 3.20. The van der Waals surface area contributed by atoms with Crippen LogP contribution in [0.2, 0.25) is 0 Å². The Bertz CT molecular complexity index is 667. The van der Waals surface area contributed by atoms with Gasteiger partial charge in [-0.3, -0.25) is 4.79 Å². The van der Waals surface area contributed by atoms with E-state index in [1.165, 1.54) is 25.0 Å². The predicted molar refractivity (Wildman–Crippen MR) is 98.0 cm³/mol. The van der Waals surface area contributed by atoms with Crippen molar-refractivity contribution in [3.63, 3.8) is 0 Å². The van der Waals surface area contributed by atoms with Gasteiger partial charge in [-0.05, 0) is 64.3 Å². The third-order valence-electron chi connectivity index (χ3n) is 3.28. The topological polar surface area (TPSA) is 87.3 Å². The summed E-state index contributed by atoms with van der Waals surface area (Å²) in [5.41, 5.74) is -0.0924.